The summed E-state index contributed by atoms with van der Waals surface area (Å²) in [6.07, 6.45) is 2.28. The molecule has 19 heavy (non-hydrogen) atoms. The molecule has 0 aromatic carbocycles. The zero-order chi connectivity index (χ0) is 14.0. The number of nitrogens with one attached hydrogen (secondary N) is 1. The number of urea groups is 1. The Morgan fingerprint density at radius 3 is 2.42 bits per heavy atom. The quantitative estimate of drug-likeness (QED) is 0.766. The Morgan fingerprint density at radius 1 is 1.26 bits per heavy atom. The summed E-state index contributed by atoms with van der Waals surface area (Å²) in [4.78, 5) is 38.9. The highest BCUT2D eigenvalue weighted by atomic mass is 16.2. The van der Waals surface area contributed by atoms with Gasteiger partial charge in [-0.15, -0.1) is 0 Å². The third-order valence-electron chi connectivity index (χ3n) is 3.97. The molecule has 2 saturated heterocycles. The lowest BCUT2D eigenvalue weighted by Gasteiger charge is -2.37. The van der Waals surface area contributed by atoms with Crippen LogP contribution in [0.1, 0.15) is 39.5 Å². The zero-order valence-corrected chi connectivity index (χ0v) is 11.6. The van der Waals surface area contributed by atoms with Gasteiger partial charge in [-0.3, -0.25) is 14.5 Å². The number of carbonyl (C=O) groups is 3. The summed E-state index contributed by atoms with van der Waals surface area (Å²) < 4.78 is 0. The highest BCUT2D eigenvalue weighted by Crippen LogP contribution is 2.29. The second-order valence-electron chi connectivity index (χ2n) is 5.20. The number of imide groups is 1. The Morgan fingerprint density at radius 2 is 1.89 bits per heavy atom. The predicted molar refractivity (Wildman–Crippen MR) is 69.4 cm³/mol. The van der Waals surface area contributed by atoms with E-state index < -0.39 is 5.54 Å². The Labute approximate surface area is 113 Å². The molecule has 6 heteroatoms. The van der Waals surface area contributed by atoms with Gasteiger partial charge < -0.3 is 10.2 Å². The van der Waals surface area contributed by atoms with E-state index >= 15 is 0 Å². The van der Waals surface area contributed by atoms with Crippen LogP contribution < -0.4 is 5.32 Å². The fourth-order valence-corrected chi connectivity index (χ4v) is 2.80. The Balaban J connectivity index is 2.05. The van der Waals surface area contributed by atoms with Crippen molar-refractivity contribution < 1.29 is 14.4 Å². The third kappa shape index (κ3) is 2.31. The molecule has 0 unspecified atom stereocenters. The summed E-state index contributed by atoms with van der Waals surface area (Å²) in [6, 6.07) is -0.290. The molecule has 106 valence electrons. The Hall–Kier alpha value is -1.59. The number of carbonyl (C=O) groups excluding carboxylic acids is 3. The summed E-state index contributed by atoms with van der Waals surface area (Å²) in [5.74, 6) is -0.0139. The van der Waals surface area contributed by atoms with Gasteiger partial charge in [0.15, 0.2) is 0 Å². The number of piperidine rings is 1. The molecular formula is C13H21N3O3. The van der Waals surface area contributed by atoms with E-state index in [9.17, 15) is 14.4 Å². The molecule has 0 radical (unpaired) electrons. The van der Waals surface area contributed by atoms with Crippen LogP contribution in [0.15, 0.2) is 0 Å². The summed E-state index contributed by atoms with van der Waals surface area (Å²) in [7, 11) is 0. The Kier molecular flexibility index (Phi) is 3.78. The van der Waals surface area contributed by atoms with Gasteiger partial charge in [-0.05, 0) is 19.3 Å². The van der Waals surface area contributed by atoms with E-state index in [4.69, 9.17) is 0 Å². The van der Waals surface area contributed by atoms with E-state index in [2.05, 4.69) is 5.32 Å². The topological polar surface area (TPSA) is 69.7 Å². The van der Waals surface area contributed by atoms with E-state index in [-0.39, 0.29) is 17.8 Å². The maximum Gasteiger partial charge on any atom is 0.325 e. The van der Waals surface area contributed by atoms with Crippen molar-refractivity contribution in [2.45, 2.75) is 45.1 Å². The number of nitrogens with zero attached hydrogens (tertiary/aromatic N) is 2. The SMILES string of the molecule is CCCN1C(=O)NC2(CCN(C(=O)CC)CC2)C1=O. The molecule has 0 aromatic rings. The van der Waals surface area contributed by atoms with Crippen LogP contribution in [0.4, 0.5) is 4.79 Å². The molecular weight excluding hydrogens is 246 g/mol. The molecule has 0 bridgehead atoms. The van der Waals surface area contributed by atoms with Crippen LogP contribution in [0.3, 0.4) is 0 Å². The largest absolute Gasteiger partial charge is 0.343 e. The van der Waals surface area contributed by atoms with Crippen molar-refractivity contribution in [2.75, 3.05) is 19.6 Å². The summed E-state index contributed by atoms with van der Waals surface area (Å²) in [5, 5.41) is 2.83. The van der Waals surface area contributed by atoms with Crippen molar-refractivity contribution in [3.05, 3.63) is 0 Å². The molecule has 1 N–H and O–H groups in total. The molecule has 0 aliphatic carbocycles. The molecule has 1 spiro atoms. The number of hydrogen-bond acceptors (Lipinski definition) is 3. The minimum atomic E-state index is -0.767. The van der Waals surface area contributed by atoms with Gasteiger partial charge in [0.2, 0.25) is 5.91 Å². The molecule has 2 aliphatic heterocycles. The average molecular weight is 267 g/mol. The third-order valence-corrected chi connectivity index (χ3v) is 3.97. The van der Waals surface area contributed by atoms with E-state index in [1.54, 1.807) is 4.90 Å². The van der Waals surface area contributed by atoms with E-state index in [0.29, 0.717) is 38.9 Å². The normalized spacial score (nSPS) is 22.0. The molecule has 2 rings (SSSR count). The van der Waals surface area contributed by atoms with Crippen molar-refractivity contribution in [3.8, 4) is 0 Å². The molecule has 6 nitrogen and oxygen atoms in total. The van der Waals surface area contributed by atoms with Crippen molar-refractivity contribution in [1.29, 1.82) is 0 Å². The van der Waals surface area contributed by atoms with E-state index in [1.807, 2.05) is 13.8 Å². The van der Waals surface area contributed by atoms with Gasteiger partial charge in [-0.25, -0.2) is 4.79 Å². The van der Waals surface area contributed by atoms with Gasteiger partial charge in [0, 0.05) is 26.1 Å². The lowest BCUT2D eigenvalue weighted by Crippen LogP contribution is -2.55. The van der Waals surface area contributed by atoms with Crippen molar-refractivity contribution in [2.24, 2.45) is 0 Å². The molecule has 2 aliphatic rings. The van der Waals surface area contributed by atoms with Gasteiger partial charge in [-0.1, -0.05) is 13.8 Å². The van der Waals surface area contributed by atoms with Crippen LogP contribution >= 0.6 is 0 Å². The van der Waals surface area contributed by atoms with Crippen molar-refractivity contribution in [3.63, 3.8) is 0 Å². The Bertz CT molecular complexity index is 400. The molecule has 0 saturated carbocycles. The number of amides is 4. The summed E-state index contributed by atoms with van der Waals surface area (Å²) in [5.41, 5.74) is -0.767. The number of likely N-dealkylation sites (tertiary alicyclic amines) is 1. The van der Waals surface area contributed by atoms with Crippen molar-refractivity contribution in [1.82, 2.24) is 15.1 Å². The van der Waals surface area contributed by atoms with Crippen molar-refractivity contribution >= 4 is 17.8 Å². The maximum absolute atomic E-state index is 12.4. The first-order valence-corrected chi connectivity index (χ1v) is 6.96. The lowest BCUT2D eigenvalue weighted by molar-refractivity contribution is -0.138. The first-order chi connectivity index (χ1) is 9.04. The average Bonchev–Trinajstić information content (AvgIpc) is 2.64. The maximum atomic E-state index is 12.4. The highest BCUT2D eigenvalue weighted by molar-refractivity contribution is 6.07. The van der Waals surface area contributed by atoms with E-state index in [0.717, 1.165) is 6.42 Å². The van der Waals surface area contributed by atoms with Crippen LogP contribution in [0, 0.1) is 0 Å². The van der Waals surface area contributed by atoms with Crippen LogP contribution in [0.5, 0.6) is 0 Å². The lowest BCUT2D eigenvalue weighted by atomic mass is 9.87. The monoisotopic (exact) mass is 267 g/mol. The van der Waals surface area contributed by atoms with Crippen LogP contribution in [0.25, 0.3) is 0 Å². The standard InChI is InChI=1S/C13H21N3O3/c1-3-7-16-11(18)13(14-12(16)19)5-8-15(9-6-13)10(17)4-2/h3-9H2,1-2H3,(H,14,19). The van der Waals surface area contributed by atoms with Gasteiger partial charge in [-0.2, -0.15) is 0 Å². The van der Waals surface area contributed by atoms with Gasteiger partial charge in [0.05, 0.1) is 0 Å². The van der Waals surface area contributed by atoms with Crippen LogP contribution in [-0.4, -0.2) is 52.8 Å². The molecule has 0 atom stereocenters. The van der Waals surface area contributed by atoms with Gasteiger partial charge in [0.25, 0.3) is 5.91 Å². The number of hydrogen-bond donors (Lipinski definition) is 1. The predicted octanol–water partition coefficient (Wildman–Crippen LogP) is 0.719. The van der Waals surface area contributed by atoms with Gasteiger partial charge in [0.1, 0.15) is 5.54 Å². The number of rotatable bonds is 3. The molecule has 0 aromatic heterocycles. The van der Waals surface area contributed by atoms with E-state index in [1.165, 1.54) is 4.90 Å². The minimum absolute atomic E-state index is 0.108. The summed E-state index contributed by atoms with van der Waals surface area (Å²) in [6.45, 7) is 5.31. The van der Waals surface area contributed by atoms with Crippen LogP contribution in [-0.2, 0) is 9.59 Å². The smallest absolute Gasteiger partial charge is 0.325 e. The minimum Gasteiger partial charge on any atom is -0.343 e. The second-order valence-corrected chi connectivity index (χ2v) is 5.20. The molecule has 2 fully saturated rings. The highest BCUT2D eigenvalue weighted by Gasteiger charge is 2.52. The molecule has 2 heterocycles. The molecule has 4 amide bonds. The fourth-order valence-electron chi connectivity index (χ4n) is 2.80. The van der Waals surface area contributed by atoms with Gasteiger partial charge >= 0.3 is 6.03 Å². The fraction of sp³-hybridized carbons (Fsp3) is 0.769. The second kappa shape index (κ2) is 5.19. The van der Waals surface area contributed by atoms with Crippen LogP contribution in [0.2, 0.25) is 0 Å². The zero-order valence-electron chi connectivity index (χ0n) is 11.6. The first kappa shape index (κ1) is 13.8. The first-order valence-electron chi connectivity index (χ1n) is 6.96. The summed E-state index contributed by atoms with van der Waals surface area (Å²) >= 11 is 0.